The Morgan fingerprint density at radius 1 is 0.577 bits per heavy atom. The summed E-state index contributed by atoms with van der Waals surface area (Å²) in [5, 5.41) is 1.87. The lowest BCUT2D eigenvalue weighted by molar-refractivity contribution is -0.143. The van der Waals surface area contributed by atoms with E-state index in [2.05, 4.69) is 10.6 Å². The maximum atomic E-state index is 13.8. The van der Waals surface area contributed by atoms with Crippen molar-refractivity contribution < 1.29 is 33.6 Å². The summed E-state index contributed by atoms with van der Waals surface area (Å²) in [6, 6.07) is -5.60. The summed E-state index contributed by atoms with van der Waals surface area (Å²) < 4.78 is 0. The van der Waals surface area contributed by atoms with Gasteiger partial charge in [0.2, 0.25) is 23.6 Å². The quantitative estimate of drug-likeness (QED) is 0.106. The minimum atomic E-state index is -1.83. The van der Waals surface area contributed by atoms with E-state index >= 15 is 0 Å². The van der Waals surface area contributed by atoms with Gasteiger partial charge in [0.05, 0.1) is 24.2 Å². The molecule has 0 radical (unpaired) electrons. The summed E-state index contributed by atoms with van der Waals surface area (Å²) in [6.07, 6.45) is 2.90. The van der Waals surface area contributed by atoms with Crippen molar-refractivity contribution in [2.45, 2.75) is 154 Å². The van der Waals surface area contributed by atoms with Gasteiger partial charge < -0.3 is 31.9 Å². The van der Waals surface area contributed by atoms with Crippen LogP contribution in [0.2, 0.25) is 0 Å². The van der Waals surface area contributed by atoms with Gasteiger partial charge in [0.25, 0.3) is 0 Å². The standard InChI is InChI=1S/C37H62Cl2N6O7/c1-19(2)15-23(40)34(49)42-25(17-21(5)6)36(51)44-13-9-11-27(44)31(46)29(38)33(48)30(39)32(47)28-12-10-14-45(28)37(52)26(18-22(7)8)43-35(50)24(41)16-20(3)4/h19-30H,9-18,40-41H2,1-8H3,(H,42,49)(H,43,50)/t23-,24-,25-,26-,27-,28-,29?,30?/m0/s1. The molecule has 0 aromatic heterocycles. The second-order valence-corrected chi connectivity index (χ2v) is 17.0. The van der Waals surface area contributed by atoms with Crippen LogP contribution in [0.5, 0.6) is 0 Å². The van der Waals surface area contributed by atoms with Gasteiger partial charge in [-0.25, -0.2) is 0 Å². The van der Waals surface area contributed by atoms with Crippen molar-refractivity contribution in [1.82, 2.24) is 20.4 Å². The zero-order valence-electron chi connectivity index (χ0n) is 32.2. The first kappa shape index (κ1) is 45.5. The third kappa shape index (κ3) is 12.8. The van der Waals surface area contributed by atoms with Crippen LogP contribution in [0.4, 0.5) is 0 Å². The number of hydrogen-bond acceptors (Lipinski definition) is 9. The number of amides is 4. The molecule has 2 aliphatic rings. The average molecular weight is 774 g/mol. The molecule has 0 bridgehead atoms. The number of carbonyl (C=O) groups excluding carboxylic acids is 7. The first-order valence-electron chi connectivity index (χ1n) is 18.8. The van der Waals surface area contributed by atoms with Gasteiger partial charge >= 0.3 is 0 Å². The Kier molecular flexibility index (Phi) is 18.2. The van der Waals surface area contributed by atoms with Crippen LogP contribution >= 0.6 is 23.2 Å². The fraction of sp³-hybridized carbons (Fsp3) is 0.811. The number of nitrogens with one attached hydrogen (secondary N) is 2. The van der Waals surface area contributed by atoms with Crippen LogP contribution in [0.1, 0.15) is 107 Å². The summed E-state index contributed by atoms with van der Waals surface area (Å²) >= 11 is 12.9. The number of Topliss-reactive ketones (excluding diaryl/α,β-unsaturated/α-hetero) is 3. The van der Waals surface area contributed by atoms with E-state index in [1.165, 1.54) is 9.80 Å². The molecule has 2 unspecified atom stereocenters. The predicted octanol–water partition coefficient (Wildman–Crippen LogP) is 2.70. The molecule has 0 saturated carbocycles. The van der Waals surface area contributed by atoms with Gasteiger partial charge in [-0.05, 0) is 75.0 Å². The smallest absolute Gasteiger partial charge is 0.245 e. The molecule has 8 atom stereocenters. The monoisotopic (exact) mass is 772 g/mol. The highest BCUT2D eigenvalue weighted by Gasteiger charge is 2.46. The van der Waals surface area contributed by atoms with E-state index in [9.17, 15) is 33.6 Å². The van der Waals surface area contributed by atoms with Crippen LogP contribution in [-0.2, 0) is 33.6 Å². The number of nitrogens with two attached hydrogens (primary N) is 2. The van der Waals surface area contributed by atoms with E-state index < -0.39 is 88.0 Å². The van der Waals surface area contributed by atoms with Crippen molar-refractivity contribution >= 4 is 64.2 Å². The molecular weight excluding hydrogens is 711 g/mol. The maximum Gasteiger partial charge on any atom is 0.245 e. The highest BCUT2D eigenvalue weighted by atomic mass is 35.5. The average Bonchev–Trinajstić information content (AvgIpc) is 3.75. The molecule has 0 aromatic rings. The largest absolute Gasteiger partial charge is 0.343 e. The minimum absolute atomic E-state index is 0.0270. The summed E-state index contributed by atoms with van der Waals surface area (Å²) in [4.78, 5) is 96.9. The summed E-state index contributed by atoms with van der Waals surface area (Å²) in [7, 11) is 0. The highest BCUT2D eigenvalue weighted by molar-refractivity contribution is 6.53. The lowest BCUT2D eigenvalue weighted by atomic mass is 9.96. The fourth-order valence-corrected chi connectivity index (χ4v) is 7.58. The molecule has 2 rings (SSSR count). The second kappa shape index (κ2) is 20.7. The summed E-state index contributed by atoms with van der Waals surface area (Å²) in [5.74, 6) is -4.04. The molecule has 0 aromatic carbocycles. The number of nitrogens with zero attached hydrogens (tertiary/aromatic N) is 2. The van der Waals surface area contributed by atoms with E-state index in [1.54, 1.807) is 0 Å². The molecule has 4 amide bonds. The Balaban J connectivity index is 2.19. The molecule has 2 saturated heterocycles. The van der Waals surface area contributed by atoms with Crippen molar-refractivity contribution in [3.8, 4) is 0 Å². The van der Waals surface area contributed by atoms with E-state index in [4.69, 9.17) is 34.7 Å². The van der Waals surface area contributed by atoms with Gasteiger partial charge in [-0.2, -0.15) is 0 Å². The zero-order chi connectivity index (χ0) is 39.6. The molecule has 2 aliphatic heterocycles. The third-order valence-electron chi connectivity index (χ3n) is 9.50. The van der Waals surface area contributed by atoms with Gasteiger partial charge in [0.15, 0.2) is 28.1 Å². The number of ketones is 3. The molecular formula is C37H62Cl2N6O7. The van der Waals surface area contributed by atoms with Gasteiger partial charge in [0.1, 0.15) is 12.1 Å². The number of likely N-dealkylation sites (tertiary alicyclic amines) is 2. The third-order valence-corrected chi connectivity index (χ3v) is 10.4. The Bertz CT molecular complexity index is 1200. The number of carbonyl (C=O) groups is 7. The van der Waals surface area contributed by atoms with Gasteiger partial charge in [0, 0.05) is 13.1 Å². The predicted molar refractivity (Wildman–Crippen MR) is 201 cm³/mol. The SMILES string of the molecule is CC(C)C[C@H](NC(=O)[C@@H](N)CC(C)C)C(=O)N1CCC[C@H]1C(=O)C(Cl)C(=O)C(Cl)C(=O)[C@@H]1CCCN1C(=O)[C@H](CC(C)C)NC(=O)[C@@H](N)CC(C)C. The lowest BCUT2D eigenvalue weighted by Gasteiger charge is -2.31. The van der Waals surface area contributed by atoms with E-state index in [1.807, 2.05) is 55.4 Å². The summed E-state index contributed by atoms with van der Waals surface area (Å²) in [6.45, 7) is 15.8. The van der Waals surface area contributed by atoms with Crippen LogP contribution in [-0.4, -0.2) is 111 Å². The number of hydrogen-bond donors (Lipinski definition) is 4. The van der Waals surface area contributed by atoms with Gasteiger partial charge in [-0.1, -0.05) is 55.4 Å². The molecule has 52 heavy (non-hydrogen) atoms. The molecule has 296 valence electrons. The lowest BCUT2D eigenvalue weighted by Crippen LogP contribution is -2.57. The molecule has 6 N–H and O–H groups in total. The van der Waals surface area contributed by atoms with Crippen LogP contribution in [0.25, 0.3) is 0 Å². The minimum Gasteiger partial charge on any atom is -0.343 e. The fourth-order valence-electron chi connectivity index (χ4n) is 6.97. The van der Waals surface area contributed by atoms with E-state index in [0.29, 0.717) is 38.5 Å². The molecule has 15 heteroatoms. The van der Waals surface area contributed by atoms with E-state index in [-0.39, 0.29) is 49.6 Å². The van der Waals surface area contributed by atoms with Crippen molar-refractivity contribution in [2.75, 3.05) is 13.1 Å². The Hall–Kier alpha value is -2.61. The molecule has 2 heterocycles. The number of halogens is 2. The normalized spacial score (nSPS) is 21.2. The Morgan fingerprint density at radius 3 is 1.17 bits per heavy atom. The van der Waals surface area contributed by atoms with Crippen LogP contribution < -0.4 is 22.1 Å². The molecule has 0 aliphatic carbocycles. The second-order valence-electron chi connectivity index (χ2n) is 16.2. The van der Waals surface area contributed by atoms with Crippen LogP contribution in [0, 0.1) is 23.7 Å². The van der Waals surface area contributed by atoms with Crippen LogP contribution in [0.15, 0.2) is 0 Å². The highest BCUT2D eigenvalue weighted by Crippen LogP contribution is 2.27. The number of alkyl halides is 2. The van der Waals surface area contributed by atoms with Gasteiger partial charge in [-0.3, -0.25) is 33.6 Å². The van der Waals surface area contributed by atoms with Crippen molar-refractivity contribution in [3.63, 3.8) is 0 Å². The molecule has 2 fully saturated rings. The van der Waals surface area contributed by atoms with Gasteiger partial charge in [-0.15, -0.1) is 23.2 Å². The Morgan fingerprint density at radius 2 is 0.885 bits per heavy atom. The topological polar surface area (TPSA) is 202 Å². The first-order valence-corrected chi connectivity index (χ1v) is 19.7. The first-order chi connectivity index (χ1) is 24.2. The maximum absolute atomic E-state index is 13.8. The zero-order valence-corrected chi connectivity index (χ0v) is 33.7. The van der Waals surface area contributed by atoms with E-state index in [0.717, 1.165) is 0 Å². The number of rotatable bonds is 20. The summed E-state index contributed by atoms with van der Waals surface area (Å²) in [5.41, 5.74) is 12.1. The molecule has 0 spiro atoms. The molecule has 13 nitrogen and oxygen atoms in total. The van der Waals surface area contributed by atoms with Crippen molar-refractivity contribution in [2.24, 2.45) is 35.1 Å². The van der Waals surface area contributed by atoms with Crippen LogP contribution in [0.3, 0.4) is 0 Å². The Labute approximate surface area is 319 Å². The van der Waals surface area contributed by atoms with Crippen molar-refractivity contribution in [1.29, 1.82) is 0 Å². The van der Waals surface area contributed by atoms with Crippen molar-refractivity contribution in [3.05, 3.63) is 0 Å².